The Bertz CT molecular complexity index is 810. The Morgan fingerprint density at radius 3 is 2.92 bits per heavy atom. The van der Waals surface area contributed by atoms with E-state index in [0.29, 0.717) is 30.0 Å². The Balaban J connectivity index is 1.53. The second-order valence-electron chi connectivity index (χ2n) is 6.18. The molecule has 0 spiro atoms. The topological polar surface area (TPSA) is 100 Å². The van der Waals surface area contributed by atoms with Crippen LogP contribution in [0.25, 0.3) is 0 Å². The predicted molar refractivity (Wildman–Crippen MR) is 91.0 cm³/mol. The second-order valence-corrected chi connectivity index (χ2v) is 6.18. The Kier molecular flexibility index (Phi) is 4.19. The van der Waals surface area contributed by atoms with Crippen molar-refractivity contribution in [2.24, 2.45) is 0 Å². The number of piperazine rings is 1. The zero-order valence-corrected chi connectivity index (χ0v) is 13.7. The molecule has 3 heterocycles. The number of nitrogens with zero attached hydrogens (tertiary/aromatic N) is 3. The molecule has 4 rings (SSSR count). The van der Waals surface area contributed by atoms with E-state index in [-0.39, 0.29) is 11.3 Å². The van der Waals surface area contributed by atoms with Gasteiger partial charge in [-0.05, 0) is 6.42 Å². The summed E-state index contributed by atoms with van der Waals surface area (Å²) in [5.41, 5.74) is 0.684. The summed E-state index contributed by atoms with van der Waals surface area (Å²) in [6.45, 7) is 3.47. The molecule has 0 aromatic carbocycles. The highest BCUT2D eigenvalue weighted by atomic mass is 16.3. The molecule has 1 fully saturated rings. The van der Waals surface area contributed by atoms with Crippen molar-refractivity contribution in [2.75, 3.05) is 36.4 Å². The summed E-state index contributed by atoms with van der Waals surface area (Å²) in [4.78, 5) is 35.4. The number of furan rings is 1. The van der Waals surface area contributed by atoms with E-state index in [1.54, 1.807) is 6.20 Å². The maximum absolute atomic E-state index is 12.6. The number of amides is 1. The quantitative estimate of drug-likeness (QED) is 0.866. The molecule has 2 aliphatic rings. The molecule has 1 aliphatic carbocycles. The van der Waals surface area contributed by atoms with Gasteiger partial charge < -0.3 is 20.0 Å². The standard InChI is InChI=1S/C17H19N5O3/c23-12-2-1-3-13-16(12)11(10-25-13)17(24)21-14-8-19-9-15(20-14)22-6-4-18-5-7-22/h8-10,18H,1-7H2,(H,20,21,24). The molecular formula is C17H19N5O3. The number of rotatable bonds is 3. The van der Waals surface area contributed by atoms with Crippen LogP contribution < -0.4 is 15.5 Å². The van der Waals surface area contributed by atoms with Gasteiger partial charge in [0.2, 0.25) is 0 Å². The Hall–Kier alpha value is -2.74. The first-order valence-electron chi connectivity index (χ1n) is 8.45. The average molecular weight is 341 g/mol. The maximum Gasteiger partial charge on any atom is 0.260 e. The first-order valence-corrected chi connectivity index (χ1v) is 8.45. The molecule has 25 heavy (non-hydrogen) atoms. The Labute approximate surface area is 144 Å². The summed E-state index contributed by atoms with van der Waals surface area (Å²) >= 11 is 0. The third-order valence-corrected chi connectivity index (χ3v) is 4.50. The van der Waals surface area contributed by atoms with Gasteiger partial charge in [-0.2, -0.15) is 0 Å². The van der Waals surface area contributed by atoms with Crippen LogP contribution in [-0.2, 0) is 6.42 Å². The van der Waals surface area contributed by atoms with Crippen LogP contribution in [0.2, 0.25) is 0 Å². The Morgan fingerprint density at radius 2 is 2.08 bits per heavy atom. The van der Waals surface area contributed by atoms with Crippen molar-refractivity contribution in [1.29, 1.82) is 0 Å². The van der Waals surface area contributed by atoms with Crippen LogP contribution in [0.3, 0.4) is 0 Å². The lowest BCUT2D eigenvalue weighted by molar-refractivity contribution is 0.0955. The van der Waals surface area contributed by atoms with Gasteiger partial charge in [0.25, 0.3) is 5.91 Å². The number of ketones is 1. The molecule has 0 atom stereocenters. The van der Waals surface area contributed by atoms with Crippen molar-refractivity contribution in [3.05, 3.63) is 35.5 Å². The summed E-state index contributed by atoms with van der Waals surface area (Å²) in [6, 6.07) is 0. The van der Waals surface area contributed by atoms with Crippen molar-refractivity contribution < 1.29 is 14.0 Å². The number of aromatic nitrogens is 2. The molecule has 1 amide bonds. The third kappa shape index (κ3) is 3.12. The fourth-order valence-electron chi connectivity index (χ4n) is 3.24. The minimum Gasteiger partial charge on any atom is -0.468 e. The van der Waals surface area contributed by atoms with E-state index < -0.39 is 5.91 Å². The predicted octanol–water partition coefficient (Wildman–Crippen LogP) is 1.25. The number of carbonyl (C=O) groups excluding carboxylic acids is 2. The smallest absolute Gasteiger partial charge is 0.260 e. The molecule has 2 aromatic rings. The highest BCUT2D eigenvalue weighted by Crippen LogP contribution is 2.27. The van der Waals surface area contributed by atoms with E-state index in [0.717, 1.165) is 38.4 Å². The van der Waals surface area contributed by atoms with Crippen LogP contribution in [0.5, 0.6) is 0 Å². The van der Waals surface area contributed by atoms with Crippen LogP contribution in [-0.4, -0.2) is 47.8 Å². The normalized spacial score (nSPS) is 17.3. The lowest BCUT2D eigenvalue weighted by atomic mass is 9.94. The van der Waals surface area contributed by atoms with Crippen molar-refractivity contribution in [3.8, 4) is 0 Å². The zero-order chi connectivity index (χ0) is 17.2. The molecule has 0 bridgehead atoms. The SMILES string of the molecule is O=C(Nc1cncc(N2CCNCC2)n1)c1coc2c1C(=O)CCC2. The van der Waals surface area contributed by atoms with Crippen molar-refractivity contribution >= 4 is 23.3 Å². The zero-order valence-electron chi connectivity index (χ0n) is 13.7. The molecule has 2 aromatic heterocycles. The molecule has 130 valence electrons. The van der Waals surface area contributed by atoms with Crippen LogP contribution in [0.4, 0.5) is 11.6 Å². The summed E-state index contributed by atoms with van der Waals surface area (Å²) in [5, 5.41) is 6.01. The summed E-state index contributed by atoms with van der Waals surface area (Å²) in [7, 11) is 0. The highest BCUT2D eigenvalue weighted by molar-refractivity contribution is 6.13. The number of carbonyl (C=O) groups is 2. The molecule has 1 aliphatic heterocycles. The molecule has 8 heteroatoms. The van der Waals surface area contributed by atoms with E-state index in [2.05, 4.69) is 25.5 Å². The van der Waals surface area contributed by atoms with Crippen molar-refractivity contribution in [3.63, 3.8) is 0 Å². The largest absolute Gasteiger partial charge is 0.468 e. The Morgan fingerprint density at radius 1 is 1.24 bits per heavy atom. The van der Waals surface area contributed by atoms with Crippen LogP contribution in [0, 0.1) is 0 Å². The number of fused-ring (bicyclic) bond motifs is 1. The van der Waals surface area contributed by atoms with Gasteiger partial charge in [0.15, 0.2) is 11.6 Å². The summed E-state index contributed by atoms with van der Waals surface area (Å²) < 4.78 is 5.40. The third-order valence-electron chi connectivity index (χ3n) is 4.50. The average Bonchev–Trinajstić information content (AvgIpc) is 3.08. The molecule has 0 radical (unpaired) electrons. The van der Waals surface area contributed by atoms with Gasteiger partial charge in [-0.25, -0.2) is 4.98 Å². The number of hydrogen-bond acceptors (Lipinski definition) is 7. The van der Waals surface area contributed by atoms with Crippen LogP contribution in [0.1, 0.15) is 39.3 Å². The van der Waals surface area contributed by atoms with Crippen LogP contribution in [0.15, 0.2) is 23.1 Å². The molecule has 8 nitrogen and oxygen atoms in total. The van der Waals surface area contributed by atoms with E-state index in [1.807, 2.05) is 0 Å². The fourth-order valence-corrected chi connectivity index (χ4v) is 3.24. The molecule has 0 unspecified atom stereocenters. The molecule has 2 N–H and O–H groups in total. The molecular weight excluding hydrogens is 322 g/mol. The first-order chi connectivity index (χ1) is 12.2. The number of aryl methyl sites for hydroxylation is 1. The van der Waals surface area contributed by atoms with Gasteiger partial charge in [0, 0.05) is 39.0 Å². The minimum atomic E-state index is -0.396. The van der Waals surface area contributed by atoms with Gasteiger partial charge in [-0.15, -0.1) is 0 Å². The van der Waals surface area contributed by atoms with Gasteiger partial charge >= 0.3 is 0 Å². The first kappa shape index (κ1) is 15.8. The van der Waals surface area contributed by atoms with Crippen LogP contribution >= 0.6 is 0 Å². The minimum absolute atomic E-state index is 0.0409. The van der Waals surface area contributed by atoms with Crippen molar-refractivity contribution in [2.45, 2.75) is 19.3 Å². The lowest BCUT2D eigenvalue weighted by Gasteiger charge is -2.28. The van der Waals surface area contributed by atoms with E-state index in [9.17, 15) is 9.59 Å². The second kappa shape index (κ2) is 6.64. The molecule has 1 saturated heterocycles. The summed E-state index contributed by atoms with van der Waals surface area (Å²) in [5.74, 6) is 1.25. The van der Waals surface area contributed by atoms with Gasteiger partial charge in [-0.3, -0.25) is 14.6 Å². The fraction of sp³-hybridized carbons (Fsp3) is 0.412. The van der Waals surface area contributed by atoms with E-state index >= 15 is 0 Å². The molecule has 0 saturated carbocycles. The number of nitrogens with one attached hydrogen (secondary N) is 2. The monoisotopic (exact) mass is 341 g/mol. The number of Topliss-reactive ketones (excluding diaryl/α,β-unsaturated/α-hetero) is 1. The highest BCUT2D eigenvalue weighted by Gasteiger charge is 2.28. The van der Waals surface area contributed by atoms with Gasteiger partial charge in [0.05, 0.1) is 23.5 Å². The van der Waals surface area contributed by atoms with E-state index in [4.69, 9.17) is 4.42 Å². The van der Waals surface area contributed by atoms with Gasteiger partial charge in [0.1, 0.15) is 17.8 Å². The summed E-state index contributed by atoms with van der Waals surface area (Å²) in [6.07, 6.45) is 6.44. The maximum atomic E-state index is 12.6. The number of hydrogen-bond donors (Lipinski definition) is 2. The van der Waals surface area contributed by atoms with Gasteiger partial charge in [-0.1, -0.05) is 0 Å². The van der Waals surface area contributed by atoms with Crippen molar-refractivity contribution in [1.82, 2.24) is 15.3 Å². The van der Waals surface area contributed by atoms with E-state index in [1.165, 1.54) is 12.5 Å². The lowest BCUT2D eigenvalue weighted by Crippen LogP contribution is -2.44. The number of anilines is 2.